The van der Waals surface area contributed by atoms with Crippen molar-refractivity contribution in [2.24, 2.45) is 5.18 Å². The smallest absolute Gasteiger partial charge is 0.131 e. The van der Waals surface area contributed by atoms with Crippen molar-refractivity contribution in [2.45, 2.75) is 12.8 Å². The number of phenolic OH excluding ortho intramolecular Hbond substituents is 1. The summed E-state index contributed by atoms with van der Waals surface area (Å²) >= 11 is 0. The van der Waals surface area contributed by atoms with Crippen LogP contribution in [-0.2, 0) is 6.42 Å². The molecule has 0 saturated heterocycles. The molecule has 0 atom stereocenters. The van der Waals surface area contributed by atoms with Gasteiger partial charge in [-0.15, -0.1) is 0 Å². The molecule has 3 nitrogen and oxygen atoms in total. The summed E-state index contributed by atoms with van der Waals surface area (Å²) in [5.41, 5.74) is 4.10. The maximum absolute atomic E-state index is 14.5. The van der Waals surface area contributed by atoms with Crippen LogP contribution < -0.4 is 0 Å². The first-order chi connectivity index (χ1) is 12.2. The van der Waals surface area contributed by atoms with Gasteiger partial charge in [0.1, 0.15) is 11.6 Å². The van der Waals surface area contributed by atoms with E-state index in [0.29, 0.717) is 12.1 Å². The monoisotopic (exact) mass is 335 g/mol. The largest absolute Gasteiger partial charge is 0.508 e. The van der Waals surface area contributed by atoms with Gasteiger partial charge in [0.15, 0.2) is 0 Å². The molecular formula is C21H18FNO2. The molecular weight excluding hydrogens is 317 g/mol. The van der Waals surface area contributed by atoms with E-state index in [1.807, 2.05) is 30.3 Å². The summed E-state index contributed by atoms with van der Waals surface area (Å²) in [6, 6.07) is 19.5. The van der Waals surface area contributed by atoms with E-state index >= 15 is 0 Å². The molecule has 3 aromatic rings. The van der Waals surface area contributed by atoms with Crippen LogP contribution in [0, 0.1) is 10.7 Å². The van der Waals surface area contributed by atoms with E-state index in [-0.39, 0.29) is 11.6 Å². The Hall–Kier alpha value is -3.01. The Morgan fingerprint density at radius 2 is 1.48 bits per heavy atom. The average Bonchev–Trinajstić information content (AvgIpc) is 2.63. The van der Waals surface area contributed by atoms with Crippen LogP contribution in [0.5, 0.6) is 5.75 Å². The summed E-state index contributed by atoms with van der Waals surface area (Å²) in [6.45, 7) is 0.325. The van der Waals surface area contributed by atoms with Gasteiger partial charge in [0.05, 0.1) is 6.54 Å². The summed E-state index contributed by atoms with van der Waals surface area (Å²) in [5.74, 6) is -0.144. The second kappa shape index (κ2) is 7.71. The lowest BCUT2D eigenvalue weighted by molar-refractivity contribution is 0.475. The van der Waals surface area contributed by atoms with Crippen LogP contribution in [0.1, 0.15) is 12.0 Å². The molecule has 0 aliphatic heterocycles. The van der Waals surface area contributed by atoms with Crippen LogP contribution in [0.2, 0.25) is 0 Å². The van der Waals surface area contributed by atoms with E-state index in [1.54, 1.807) is 30.3 Å². The quantitative estimate of drug-likeness (QED) is 0.473. The van der Waals surface area contributed by atoms with Gasteiger partial charge in [-0.1, -0.05) is 53.7 Å². The highest BCUT2D eigenvalue weighted by Gasteiger charge is 2.08. The highest BCUT2D eigenvalue weighted by molar-refractivity contribution is 5.71. The predicted molar refractivity (Wildman–Crippen MR) is 97.9 cm³/mol. The lowest BCUT2D eigenvalue weighted by atomic mass is 9.98. The fourth-order valence-corrected chi connectivity index (χ4v) is 2.78. The third kappa shape index (κ3) is 4.10. The molecule has 0 spiro atoms. The fourth-order valence-electron chi connectivity index (χ4n) is 2.78. The lowest BCUT2D eigenvalue weighted by Gasteiger charge is -2.08. The van der Waals surface area contributed by atoms with Gasteiger partial charge in [-0.25, -0.2) is 4.39 Å². The van der Waals surface area contributed by atoms with Crippen LogP contribution >= 0.6 is 0 Å². The molecule has 1 N–H and O–H groups in total. The molecule has 4 heteroatoms. The zero-order valence-corrected chi connectivity index (χ0v) is 13.7. The number of nitrogens with zero attached hydrogens (tertiary/aromatic N) is 1. The molecule has 25 heavy (non-hydrogen) atoms. The molecule has 0 amide bonds. The molecule has 0 aliphatic rings. The zero-order chi connectivity index (χ0) is 17.6. The molecule has 0 bridgehead atoms. The molecule has 0 radical (unpaired) electrons. The molecule has 126 valence electrons. The van der Waals surface area contributed by atoms with Crippen molar-refractivity contribution in [1.82, 2.24) is 0 Å². The first-order valence-corrected chi connectivity index (χ1v) is 8.15. The molecule has 0 saturated carbocycles. The lowest BCUT2D eigenvalue weighted by Crippen LogP contribution is -1.89. The summed E-state index contributed by atoms with van der Waals surface area (Å²) in [6.07, 6.45) is 1.54. The van der Waals surface area contributed by atoms with Crippen molar-refractivity contribution in [2.75, 3.05) is 6.54 Å². The third-order valence-corrected chi connectivity index (χ3v) is 4.15. The summed E-state index contributed by atoms with van der Waals surface area (Å²) in [7, 11) is 0. The van der Waals surface area contributed by atoms with Crippen LogP contribution in [0.3, 0.4) is 0 Å². The van der Waals surface area contributed by atoms with Gasteiger partial charge in [0, 0.05) is 5.56 Å². The molecule has 3 aromatic carbocycles. The van der Waals surface area contributed by atoms with Crippen molar-refractivity contribution in [3.05, 3.63) is 83.0 Å². The number of halogens is 1. The second-order valence-electron chi connectivity index (χ2n) is 5.89. The normalized spacial score (nSPS) is 10.6. The van der Waals surface area contributed by atoms with Gasteiger partial charge in [-0.3, -0.25) is 0 Å². The van der Waals surface area contributed by atoms with Crippen molar-refractivity contribution < 1.29 is 9.50 Å². The van der Waals surface area contributed by atoms with Crippen molar-refractivity contribution in [3.63, 3.8) is 0 Å². The Labute approximate surface area is 145 Å². The average molecular weight is 335 g/mol. The van der Waals surface area contributed by atoms with Crippen LogP contribution in [0.15, 0.2) is 71.9 Å². The molecule has 0 fully saturated rings. The summed E-state index contributed by atoms with van der Waals surface area (Å²) < 4.78 is 14.5. The Kier molecular flexibility index (Phi) is 5.19. The second-order valence-corrected chi connectivity index (χ2v) is 5.89. The van der Waals surface area contributed by atoms with Gasteiger partial charge in [0.2, 0.25) is 0 Å². The third-order valence-electron chi connectivity index (χ3n) is 4.15. The van der Waals surface area contributed by atoms with Crippen LogP contribution in [0.4, 0.5) is 4.39 Å². The van der Waals surface area contributed by atoms with E-state index in [2.05, 4.69) is 5.18 Å². The van der Waals surface area contributed by atoms with Gasteiger partial charge >= 0.3 is 0 Å². The topological polar surface area (TPSA) is 49.7 Å². The Bertz CT molecular complexity index is 858. The zero-order valence-electron chi connectivity index (χ0n) is 13.7. The van der Waals surface area contributed by atoms with Gasteiger partial charge in [0.25, 0.3) is 0 Å². The van der Waals surface area contributed by atoms with Gasteiger partial charge in [-0.2, -0.15) is 4.91 Å². The maximum Gasteiger partial charge on any atom is 0.131 e. The van der Waals surface area contributed by atoms with E-state index < -0.39 is 0 Å². The predicted octanol–water partition coefficient (Wildman–Crippen LogP) is 5.56. The minimum absolute atomic E-state index is 0.157. The fraction of sp³-hybridized carbons (Fsp3) is 0.143. The number of nitroso groups, excluding NO2 is 1. The Morgan fingerprint density at radius 3 is 2.12 bits per heavy atom. The molecule has 0 unspecified atom stereocenters. The SMILES string of the molecule is O=NCCCc1ccc(-c2ccc(-c3ccc(O)cc3)c(F)c2)cc1. The maximum atomic E-state index is 14.5. The summed E-state index contributed by atoms with van der Waals surface area (Å²) in [5, 5.41) is 12.2. The van der Waals surface area contributed by atoms with Crippen LogP contribution in [0.25, 0.3) is 22.3 Å². The van der Waals surface area contributed by atoms with E-state index in [9.17, 15) is 14.4 Å². The number of hydrogen-bond acceptors (Lipinski definition) is 3. The minimum Gasteiger partial charge on any atom is -0.508 e. The first-order valence-electron chi connectivity index (χ1n) is 8.15. The van der Waals surface area contributed by atoms with E-state index in [1.165, 1.54) is 6.07 Å². The van der Waals surface area contributed by atoms with Crippen molar-refractivity contribution >= 4 is 0 Å². The van der Waals surface area contributed by atoms with E-state index in [4.69, 9.17) is 0 Å². The van der Waals surface area contributed by atoms with Crippen molar-refractivity contribution in [3.8, 4) is 28.0 Å². The number of hydrogen-bond donors (Lipinski definition) is 1. The van der Waals surface area contributed by atoms with Crippen LogP contribution in [-0.4, -0.2) is 11.7 Å². The number of phenols is 1. The highest BCUT2D eigenvalue weighted by atomic mass is 19.1. The number of rotatable bonds is 6. The number of aromatic hydroxyl groups is 1. The Balaban J connectivity index is 1.80. The minimum atomic E-state index is -0.302. The number of aryl methyl sites for hydroxylation is 1. The first kappa shape index (κ1) is 16.8. The highest BCUT2D eigenvalue weighted by Crippen LogP contribution is 2.29. The Morgan fingerprint density at radius 1 is 0.840 bits per heavy atom. The van der Waals surface area contributed by atoms with E-state index in [0.717, 1.165) is 35.1 Å². The van der Waals surface area contributed by atoms with Gasteiger partial charge in [-0.05, 0) is 53.3 Å². The molecule has 0 aliphatic carbocycles. The van der Waals surface area contributed by atoms with Gasteiger partial charge < -0.3 is 5.11 Å². The number of benzene rings is 3. The summed E-state index contributed by atoms with van der Waals surface area (Å²) in [4.78, 5) is 10.1. The standard InChI is InChI=1S/C21H18FNO2/c22-21-14-18(9-12-20(21)17-7-10-19(24)11-8-17)16-5-3-15(4-6-16)2-1-13-23-25/h3-12,14,24H,1-2,13H2. The molecule has 0 aromatic heterocycles. The molecule has 3 rings (SSSR count). The van der Waals surface area contributed by atoms with Crippen molar-refractivity contribution in [1.29, 1.82) is 0 Å². The molecule has 0 heterocycles.